The van der Waals surface area contributed by atoms with Crippen LogP contribution in [0, 0.1) is 0 Å². The second-order valence-corrected chi connectivity index (χ2v) is 8.22. The number of Topliss-reactive ketones (excluding diaryl/α,β-unsaturated/α-hetero) is 2. The topological polar surface area (TPSA) is 57.6 Å². The zero-order valence-corrected chi connectivity index (χ0v) is 18.8. The maximum absolute atomic E-state index is 13.1. The van der Waals surface area contributed by atoms with E-state index in [4.69, 9.17) is 0 Å². The molecule has 0 saturated heterocycles. The summed E-state index contributed by atoms with van der Waals surface area (Å²) in [6, 6.07) is 35.8. The van der Waals surface area contributed by atoms with Crippen molar-refractivity contribution in [3.63, 3.8) is 0 Å². The fourth-order valence-electron chi connectivity index (χ4n) is 4.13. The van der Waals surface area contributed by atoms with Crippen LogP contribution in [-0.4, -0.2) is 21.8 Å². The van der Waals surface area contributed by atoms with E-state index in [1.807, 2.05) is 97.1 Å². The van der Waals surface area contributed by atoms with E-state index >= 15 is 0 Å². The van der Waals surface area contributed by atoms with Crippen LogP contribution in [-0.2, 0) is 0 Å². The van der Waals surface area contributed by atoms with Gasteiger partial charge in [-0.25, -0.2) is 0 Å². The lowest BCUT2D eigenvalue weighted by Gasteiger charge is -2.33. The number of carbonyl (C=O) groups is 2. The third-order valence-corrected chi connectivity index (χ3v) is 5.96. The number of carbonyl (C=O) groups excluding carboxylic acids is 2. The number of nitrogens with zero attached hydrogens (tertiary/aromatic N) is 1. The van der Waals surface area contributed by atoms with E-state index in [2.05, 4.69) is 0 Å². The molecule has 4 heteroatoms. The molecule has 0 aromatic heterocycles. The van der Waals surface area contributed by atoms with Crippen molar-refractivity contribution in [2.75, 3.05) is 0 Å². The van der Waals surface area contributed by atoms with Gasteiger partial charge in [0.05, 0.1) is 12.1 Å². The molecule has 0 unspecified atom stereocenters. The number of rotatable bonds is 10. The zero-order chi connectivity index (χ0) is 23.8. The Labute approximate surface area is 200 Å². The van der Waals surface area contributed by atoms with Gasteiger partial charge in [0, 0.05) is 24.0 Å². The molecule has 2 atom stereocenters. The molecule has 4 aromatic carbocycles. The smallest absolute Gasteiger partial charge is 0.164 e. The van der Waals surface area contributed by atoms with E-state index in [0.29, 0.717) is 11.1 Å². The van der Waals surface area contributed by atoms with Crippen molar-refractivity contribution in [2.45, 2.75) is 24.9 Å². The Morgan fingerprint density at radius 1 is 0.529 bits per heavy atom. The molecular weight excluding hydrogens is 422 g/mol. The monoisotopic (exact) mass is 449 g/mol. The Kier molecular flexibility index (Phi) is 7.76. The van der Waals surface area contributed by atoms with Crippen molar-refractivity contribution in [3.05, 3.63) is 144 Å². The van der Waals surface area contributed by atoms with Crippen molar-refractivity contribution in [2.24, 2.45) is 0 Å². The highest BCUT2D eigenvalue weighted by Gasteiger charge is 2.31. The highest BCUT2D eigenvalue weighted by molar-refractivity contribution is 5.97. The Balaban J connectivity index is 1.68. The number of hydrogen-bond donors (Lipinski definition) is 1. The van der Waals surface area contributed by atoms with Gasteiger partial charge in [-0.15, -0.1) is 0 Å². The Morgan fingerprint density at radius 2 is 0.824 bits per heavy atom. The summed E-state index contributed by atoms with van der Waals surface area (Å²) in [4.78, 5) is 26.3. The summed E-state index contributed by atoms with van der Waals surface area (Å²) in [6.07, 6.45) is 0.154. The molecule has 0 aliphatic rings. The minimum atomic E-state index is -0.623. The molecule has 4 rings (SSSR count). The number of benzene rings is 4. The van der Waals surface area contributed by atoms with Gasteiger partial charge in [-0.1, -0.05) is 121 Å². The van der Waals surface area contributed by atoms with Crippen molar-refractivity contribution in [3.8, 4) is 0 Å². The van der Waals surface area contributed by atoms with E-state index in [0.717, 1.165) is 11.1 Å². The van der Waals surface area contributed by atoms with Gasteiger partial charge in [0.1, 0.15) is 0 Å². The van der Waals surface area contributed by atoms with Gasteiger partial charge in [0.15, 0.2) is 11.6 Å². The summed E-state index contributed by atoms with van der Waals surface area (Å²) in [7, 11) is 0. The lowest BCUT2D eigenvalue weighted by molar-refractivity contribution is -0.163. The molecule has 4 nitrogen and oxygen atoms in total. The van der Waals surface area contributed by atoms with Crippen molar-refractivity contribution in [1.82, 2.24) is 5.06 Å². The second-order valence-electron chi connectivity index (χ2n) is 8.22. The normalized spacial score (nSPS) is 12.8. The number of hydroxylamine groups is 2. The molecule has 34 heavy (non-hydrogen) atoms. The van der Waals surface area contributed by atoms with Gasteiger partial charge in [0.2, 0.25) is 0 Å². The first kappa shape index (κ1) is 23.3. The van der Waals surface area contributed by atoms with Crippen LogP contribution in [0.15, 0.2) is 121 Å². The second kappa shape index (κ2) is 11.3. The first-order valence-corrected chi connectivity index (χ1v) is 11.4. The molecule has 0 fully saturated rings. The minimum absolute atomic E-state index is 0.0744. The van der Waals surface area contributed by atoms with Crippen LogP contribution in [0.1, 0.15) is 56.8 Å². The van der Waals surface area contributed by atoms with Gasteiger partial charge in [0.25, 0.3) is 0 Å². The molecule has 1 N–H and O–H groups in total. The minimum Gasteiger partial charge on any atom is -0.313 e. The number of ketones is 2. The fourth-order valence-corrected chi connectivity index (χ4v) is 4.13. The van der Waals surface area contributed by atoms with E-state index < -0.39 is 12.1 Å². The van der Waals surface area contributed by atoms with E-state index in [-0.39, 0.29) is 24.4 Å². The predicted octanol–water partition coefficient (Wildman–Crippen LogP) is 6.71. The SMILES string of the molecule is O=C(C[C@H](c1ccccc1)N(O)[C@H](CC(=O)c1ccccc1)c1ccccc1)c1ccccc1. The van der Waals surface area contributed by atoms with Gasteiger partial charge >= 0.3 is 0 Å². The van der Waals surface area contributed by atoms with Crippen LogP contribution in [0.4, 0.5) is 0 Å². The molecule has 0 radical (unpaired) electrons. The highest BCUT2D eigenvalue weighted by Crippen LogP contribution is 2.35. The Hall–Kier alpha value is -3.86. The lowest BCUT2D eigenvalue weighted by atomic mass is 9.92. The van der Waals surface area contributed by atoms with Crippen molar-refractivity contribution >= 4 is 11.6 Å². The van der Waals surface area contributed by atoms with Crippen LogP contribution in [0.5, 0.6) is 0 Å². The largest absolute Gasteiger partial charge is 0.313 e. The Bertz CT molecular complexity index is 1100. The molecule has 0 aliphatic carbocycles. The quantitative estimate of drug-likeness (QED) is 0.216. The van der Waals surface area contributed by atoms with Crippen LogP contribution >= 0.6 is 0 Å². The standard InChI is InChI=1S/C30H27NO3/c32-29(25-17-9-3-10-18-25)21-27(23-13-5-1-6-14-23)31(34)28(24-15-7-2-8-16-24)22-30(33)26-19-11-4-12-20-26/h1-20,27-28,34H,21-22H2/t27-,28-/m1/s1. The van der Waals surface area contributed by atoms with Crippen LogP contribution in [0.2, 0.25) is 0 Å². The average molecular weight is 450 g/mol. The van der Waals surface area contributed by atoms with Crippen LogP contribution in [0.3, 0.4) is 0 Å². The van der Waals surface area contributed by atoms with Crippen LogP contribution < -0.4 is 0 Å². The third-order valence-electron chi connectivity index (χ3n) is 5.96. The molecule has 0 heterocycles. The van der Waals surface area contributed by atoms with Crippen LogP contribution in [0.25, 0.3) is 0 Å². The molecular formula is C30H27NO3. The highest BCUT2D eigenvalue weighted by atomic mass is 16.5. The molecule has 0 bridgehead atoms. The van der Waals surface area contributed by atoms with Gasteiger partial charge in [-0.05, 0) is 11.1 Å². The number of hydrogen-bond acceptors (Lipinski definition) is 4. The summed E-state index contributed by atoms with van der Waals surface area (Å²) in [5.41, 5.74) is 2.80. The molecule has 170 valence electrons. The average Bonchev–Trinajstić information content (AvgIpc) is 2.91. The summed E-state index contributed by atoms with van der Waals surface area (Å²) in [5, 5.41) is 12.8. The Morgan fingerprint density at radius 3 is 1.15 bits per heavy atom. The molecule has 0 aliphatic heterocycles. The first-order valence-electron chi connectivity index (χ1n) is 11.4. The van der Waals surface area contributed by atoms with Crippen molar-refractivity contribution in [1.29, 1.82) is 0 Å². The first-order chi connectivity index (χ1) is 16.6. The van der Waals surface area contributed by atoms with Gasteiger partial charge in [-0.3, -0.25) is 9.59 Å². The fraction of sp³-hybridized carbons (Fsp3) is 0.133. The van der Waals surface area contributed by atoms with E-state index in [9.17, 15) is 14.8 Å². The van der Waals surface area contributed by atoms with Gasteiger partial charge in [-0.2, -0.15) is 5.06 Å². The summed E-state index contributed by atoms with van der Waals surface area (Å²) < 4.78 is 0. The molecule has 0 amide bonds. The maximum Gasteiger partial charge on any atom is 0.164 e. The third kappa shape index (κ3) is 5.73. The summed E-state index contributed by atoms with van der Waals surface area (Å²) in [5.74, 6) is -0.149. The lowest BCUT2D eigenvalue weighted by Crippen LogP contribution is -2.33. The molecule has 0 spiro atoms. The maximum atomic E-state index is 13.1. The molecule has 4 aromatic rings. The van der Waals surface area contributed by atoms with E-state index in [1.165, 1.54) is 5.06 Å². The summed E-state index contributed by atoms with van der Waals surface area (Å²) >= 11 is 0. The van der Waals surface area contributed by atoms with Gasteiger partial charge < -0.3 is 5.21 Å². The van der Waals surface area contributed by atoms with E-state index in [1.54, 1.807) is 24.3 Å². The molecule has 0 saturated carbocycles. The van der Waals surface area contributed by atoms with Crippen molar-refractivity contribution < 1.29 is 14.8 Å². The zero-order valence-electron chi connectivity index (χ0n) is 18.8. The predicted molar refractivity (Wildman–Crippen MR) is 133 cm³/mol. The summed E-state index contributed by atoms with van der Waals surface area (Å²) in [6.45, 7) is 0.